The van der Waals surface area contributed by atoms with Crippen LogP contribution < -0.4 is 5.32 Å². The van der Waals surface area contributed by atoms with Gasteiger partial charge in [-0.1, -0.05) is 30.3 Å². The number of aliphatic hydroxyl groups is 1. The highest BCUT2D eigenvalue weighted by molar-refractivity contribution is 5.89. The Morgan fingerprint density at radius 2 is 1.88 bits per heavy atom. The average Bonchev–Trinajstić information content (AvgIpc) is 2.95. The maximum absolute atomic E-state index is 11.4. The number of benzene rings is 2. The molecule has 5 heteroatoms. The quantitative estimate of drug-likeness (QED) is 0.824. The lowest BCUT2D eigenvalue weighted by molar-refractivity contribution is 0.0600. The van der Waals surface area contributed by atoms with Crippen LogP contribution >= 0.6 is 0 Å². The van der Waals surface area contributed by atoms with Gasteiger partial charge in [0.1, 0.15) is 0 Å². The summed E-state index contributed by atoms with van der Waals surface area (Å²) < 4.78 is 4.69. The van der Waals surface area contributed by atoms with E-state index in [1.54, 1.807) is 12.1 Å². The second-order valence-corrected chi connectivity index (χ2v) is 6.07. The van der Waals surface area contributed by atoms with Crippen molar-refractivity contribution in [2.45, 2.75) is 18.7 Å². The van der Waals surface area contributed by atoms with Crippen LogP contribution in [0, 0.1) is 0 Å². The molecule has 5 nitrogen and oxygen atoms in total. The lowest BCUT2D eigenvalue weighted by atomic mass is 10.1. The molecule has 0 aromatic heterocycles. The number of rotatable bonds is 5. The predicted molar refractivity (Wildman–Crippen MR) is 92.9 cm³/mol. The summed E-state index contributed by atoms with van der Waals surface area (Å²) in [4.78, 5) is 13.7. The molecule has 1 aliphatic heterocycles. The molecule has 126 valence electrons. The standard InChI is InChI=1S/C19H22N2O3/c1-24-19(23)15-7-9-16(10-8-15)20-17-12-21(13-18(17)22)11-14-5-3-2-4-6-14/h2-10,17-18,20,22H,11-13H2,1H3/t17-,18-/m1/s1. The minimum atomic E-state index is -0.422. The molecular formula is C19H22N2O3. The third-order valence-corrected chi connectivity index (χ3v) is 4.27. The lowest BCUT2D eigenvalue weighted by Gasteiger charge is -2.18. The van der Waals surface area contributed by atoms with Gasteiger partial charge in [0.15, 0.2) is 0 Å². The maximum Gasteiger partial charge on any atom is 0.337 e. The number of methoxy groups -OCH3 is 1. The Hall–Kier alpha value is -2.37. The molecular weight excluding hydrogens is 304 g/mol. The zero-order chi connectivity index (χ0) is 16.9. The van der Waals surface area contributed by atoms with E-state index in [-0.39, 0.29) is 12.0 Å². The van der Waals surface area contributed by atoms with Crippen LogP contribution in [0.15, 0.2) is 54.6 Å². The Balaban J connectivity index is 1.58. The van der Waals surface area contributed by atoms with Crippen LogP contribution in [0.2, 0.25) is 0 Å². The summed E-state index contributed by atoms with van der Waals surface area (Å²) in [7, 11) is 1.37. The van der Waals surface area contributed by atoms with Crippen molar-refractivity contribution in [1.82, 2.24) is 4.90 Å². The summed E-state index contributed by atoms with van der Waals surface area (Å²) in [5, 5.41) is 13.6. The molecule has 0 spiro atoms. The van der Waals surface area contributed by atoms with Crippen molar-refractivity contribution in [3.63, 3.8) is 0 Å². The van der Waals surface area contributed by atoms with Gasteiger partial charge in [0.2, 0.25) is 0 Å². The molecule has 0 bridgehead atoms. The highest BCUT2D eigenvalue weighted by Crippen LogP contribution is 2.19. The molecule has 0 aliphatic carbocycles. The van der Waals surface area contributed by atoms with E-state index >= 15 is 0 Å². The summed E-state index contributed by atoms with van der Waals surface area (Å²) in [5.41, 5.74) is 2.64. The fourth-order valence-corrected chi connectivity index (χ4v) is 3.01. The van der Waals surface area contributed by atoms with Gasteiger partial charge in [-0.05, 0) is 29.8 Å². The monoisotopic (exact) mass is 326 g/mol. The fourth-order valence-electron chi connectivity index (χ4n) is 3.01. The Labute approximate surface area is 141 Å². The molecule has 0 saturated carbocycles. The summed E-state index contributed by atoms with van der Waals surface area (Å²) in [6.07, 6.45) is -0.422. The Morgan fingerprint density at radius 3 is 2.54 bits per heavy atom. The van der Waals surface area contributed by atoms with Crippen molar-refractivity contribution in [2.24, 2.45) is 0 Å². The van der Waals surface area contributed by atoms with E-state index < -0.39 is 6.10 Å². The lowest BCUT2D eigenvalue weighted by Crippen LogP contribution is -2.32. The van der Waals surface area contributed by atoms with E-state index in [1.807, 2.05) is 30.3 Å². The number of hydrogen-bond acceptors (Lipinski definition) is 5. The van der Waals surface area contributed by atoms with E-state index in [4.69, 9.17) is 4.74 Å². The molecule has 2 N–H and O–H groups in total. The number of aliphatic hydroxyl groups excluding tert-OH is 1. The molecule has 0 radical (unpaired) electrons. The number of carbonyl (C=O) groups is 1. The summed E-state index contributed by atoms with van der Waals surface area (Å²) in [6, 6.07) is 17.3. The van der Waals surface area contributed by atoms with E-state index in [0.29, 0.717) is 12.1 Å². The third-order valence-electron chi connectivity index (χ3n) is 4.27. The first-order chi connectivity index (χ1) is 11.7. The van der Waals surface area contributed by atoms with Gasteiger partial charge in [0.25, 0.3) is 0 Å². The van der Waals surface area contributed by atoms with Gasteiger partial charge >= 0.3 is 5.97 Å². The van der Waals surface area contributed by atoms with Crippen LogP contribution in [-0.4, -0.2) is 48.3 Å². The van der Waals surface area contributed by atoms with Crippen molar-refractivity contribution >= 4 is 11.7 Å². The van der Waals surface area contributed by atoms with Crippen LogP contribution in [0.25, 0.3) is 0 Å². The van der Waals surface area contributed by atoms with Crippen LogP contribution in [0.3, 0.4) is 0 Å². The van der Waals surface area contributed by atoms with Crippen LogP contribution in [-0.2, 0) is 11.3 Å². The minimum Gasteiger partial charge on any atom is -0.465 e. The topological polar surface area (TPSA) is 61.8 Å². The van der Waals surface area contributed by atoms with Crippen molar-refractivity contribution in [1.29, 1.82) is 0 Å². The number of esters is 1. The second-order valence-electron chi connectivity index (χ2n) is 6.07. The molecule has 3 rings (SSSR count). The molecule has 1 aliphatic rings. The van der Waals surface area contributed by atoms with Crippen molar-refractivity contribution in [2.75, 3.05) is 25.5 Å². The summed E-state index contributed by atoms with van der Waals surface area (Å²) >= 11 is 0. The van der Waals surface area contributed by atoms with E-state index in [1.165, 1.54) is 12.7 Å². The first-order valence-corrected chi connectivity index (χ1v) is 8.05. The van der Waals surface area contributed by atoms with Gasteiger partial charge in [-0.15, -0.1) is 0 Å². The van der Waals surface area contributed by atoms with Crippen molar-refractivity contribution in [3.05, 3.63) is 65.7 Å². The molecule has 1 saturated heterocycles. The van der Waals surface area contributed by atoms with E-state index in [2.05, 4.69) is 22.3 Å². The van der Waals surface area contributed by atoms with Gasteiger partial charge in [-0.2, -0.15) is 0 Å². The maximum atomic E-state index is 11.4. The molecule has 2 aromatic rings. The van der Waals surface area contributed by atoms with E-state index in [9.17, 15) is 9.90 Å². The van der Waals surface area contributed by atoms with Gasteiger partial charge in [0.05, 0.1) is 24.8 Å². The summed E-state index contributed by atoms with van der Waals surface area (Å²) in [5.74, 6) is -0.350. The Kier molecular flexibility index (Phi) is 5.13. The zero-order valence-electron chi connectivity index (χ0n) is 13.7. The Bertz CT molecular complexity index is 673. The van der Waals surface area contributed by atoms with Gasteiger partial charge in [-0.3, -0.25) is 4.90 Å². The smallest absolute Gasteiger partial charge is 0.337 e. The number of nitrogens with one attached hydrogen (secondary N) is 1. The molecule has 0 amide bonds. The van der Waals surface area contributed by atoms with E-state index in [0.717, 1.165) is 18.8 Å². The number of nitrogens with zero attached hydrogens (tertiary/aromatic N) is 1. The normalized spacial score (nSPS) is 20.8. The molecule has 2 aromatic carbocycles. The number of likely N-dealkylation sites (tertiary alicyclic amines) is 1. The first kappa shape index (κ1) is 16.5. The highest BCUT2D eigenvalue weighted by atomic mass is 16.5. The Morgan fingerprint density at radius 1 is 1.17 bits per heavy atom. The van der Waals surface area contributed by atoms with Crippen LogP contribution in [0.1, 0.15) is 15.9 Å². The van der Waals surface area contributed by atoms with Crippen molar-refractivity contribution < 1.29 is 14.6 Å². The largest absolute Gasteiger partial charge is 0.465 e. The van der Waals surface area contributed by atoms with Crippen LogP contribution in [0.4, 0.5) is 5.69 Å². The summed E-state index contributed by atoms with van der Waals surface area (Å²) in [6.45, 7) is 2.25. The second kappa shape index (κ2) is 7.47. The van der Waals surface area contributed by atoms with Crippen LogP contribution in [0.5, 0.6) is 0 Å². The number of anilines is 1. The van der Waals surface area contributed by atoms with Gasteiger partial charge < -0.3 is 15.2 Å². The molecule has 2 atom stereocenters. The third kappa shape index (κ3) is 3.93. The minimum absolute atomic E-state index is 0.0299. The SMILES string of the molecule is COC(=O)c1ccc(N[C@@H]2CN(Cc3ccccc3)C[C@H]2O)cc1. The first-order valence-electron chi connectivity index (χ1n) is 8.05. The molecule has 24 heavy (non-hydrogen) atoms. The number of β-amino-alcohol motifs (C(OH)–C–C–N with tert-alkyl or cyclic N) is 1. The molecule has 1 heterocycles. The number of hydrogen-bond donors (Lipinski definition) is 2. The average molecular weight is 326 g/mol. The van der Waals surface area contributed by atoms with Crippen molar-refractivity contribution in [3.8, 4) is 0 Å². The fraction of sp³-hybridized carbons (Fsp3) is 0.316. The molecule has 1 fully saturated rings. The van der Waals surface area contributed by atoms with Gasteiger partial charge in [0, 0.05) is 25.3 Å². The highest BCUT2D eigenvalue weighted by Gasteiger charge is 2.31. The molecule has 0 unspecified atom stereocenters. The number of carbonyl (C=O) groups excluding carboxylic acids is 1. The predicted octanol–water partition coefficient (Wildman–Crippen LogP) is 2.13. The van der Waals surface area contributed by atoms with Gasteiger partial charge in [-0.25, -0.2) is 4.79 Å². The zero-order valence-corrected chi connectivity index (χ0v) is 13.7. The number of ether oxygens (including phenoxy) is 1.